The maximum Gasteiger partial charge on any atom is 0.230 e. The molecule has 0 amide bonds. The van der Waals surface area contributed by atoms with Gasteiger partial charge in [-0.2, -0.15) is 4.98 Å². The first-order chi connectivity index (χ1) is 11.7. The molecule has 122 valence electrons. The lowest BCUT2D eigenvalue weighted by atomic mass is 9.98. The quantitative estimate of drug-likeness (QED) is 0.666. The summed E-state index contributed by atoms with van der Waals surface area (Å²) in [6, 6.07) is 15.8. The molecular formula is C19H20N4O. The highest BCUT2D eigenvalue weighted by Gasteiger charge is 2.12. The van der Waals surface area contributed by atoms with Crippen molar-refractivity contribution in [2.24, 2.45) is 0 Å². The van der Waals surface area contributed by atoms with E-state index in [0.29, 0.717) is 5.95 Å². The third kappa shape index (κ3) is 3.46. The van der Waals surface area contributed by atoms with Gasteiger partial charge in [-0.1, -0.05) is 36.4 Å². The summed E-state index contributed by atoms with van der Waals surface area (Å²) in [7, 11) is 1.92. The van der Waals surface area contributed by atoms with Crippen LogP contribution in [0.3, 0.4) is 0 Å². The van der Waals surface area contributed by atoms with Gasteiger partial charge in [0.1, 0.15) is 0 Å². The van der Waals surface area contributed by atoms with Crippen LogP contribution in [-0.2, 0) is 6.42 Å². The number of hydrogen-bond acceptors (Lipinski definition) is 5. The molecule has 3 rings (SSSR count). The second-order valence-electron chi connectivity index (χ2n) is 5.56. The SMILES string of the molecule is CNc1c(C)ccc(Nc2nccc(O)n2)c1Cc1ccccc1. The van der Waals surface area contributed by atoms with Gasteiger partial charge in [0.2, 0.25) is 11.8 Å². The summed E-state index contributed by atoms with van der Waals surface area (Å²) in [5.41, 5.74) is 5.53. The number of hydrogen-bond donors (Lipinski definition) is 3. The normalized spacial score (nSPS) is 10.4. The molecule has 0 aliphatic rings. The molecular weight excluding hydrogens is 300 g/mol. The average Bonchev–Trinajstić information content (AvgIpc) is 2.59. The van der Waals surface area contributed by atoms with E-state index in [1.165, 1.54) is 23.4 Å². The number of aryl methyl sites for hydroxylation is 1. The van der Waals surface area contributed by atoms with Gasteiger partial charge in [-0.15, -0.1) is 0 Å². The number of benzene rings is 2. The predicted octanol–water partition coefficient (Wildman–Crippen LogP) is 3.87. The molecule has 0 radical (unpaired) electrons. The third-order valence-corrected chi connectivity index (χ3v) is 3.88. The largest absolute Gasteiger partial charge is 0.493 e. The second-order valence-corrected chi connectivity index (χ2v) is 5.56. The number of nitrogens with zero attached hydrogens (tertiary/aromatic N) is 2. The fraction of sp³-hybridized carbons (Fsp3) is 0.158. The molecule has 0 spiro atoms. The van der Waals surface area contributed by atoms with E-state index < -0.39 is 0 Å². The van der Waals surface area contributed by atoms with Crippen LogP contribution in [0.4, 0.5) is 17.3 Å². The van der Waals surface area contributed by atoms with Crippen LogP contribution in [0.25, 0.3) is 0 Å². The molecule has 1 aromatic heterocycles. The Morgan fingerprint density at radius 2 is 1.83 bits per heavy atom. The standard InChI is InChI=1S/C19H20N4O/c1-13-8-9-16(22-19-21-11-10-17(24)23-19)15(18(13)20-2)12-14-6-4-3-5-7-14/h3-11,20H,12H2,1-2H3,(H2,21,22,23,24). The third-order valence-electron chi connectivity index (χ3n) is 3.88. The number of aromatic hydroxyl groups is 1. The topological polar surface area (TPSA) is 70.1 Å². The van der Waals surface area contributed by atoms with Crippen LogP contribution >= 0.6 is 0 Å². The van der Waals surface area contributed by atoms with Gasteiger partial charge in [0.15, 0.2) is 0 Å². The molecule has 24 heavy (non-hydrogen) atoms. The molecule has 0 fully saturated rings. The minimum absolute atomic E-state index is 0.0574. The maximum atomic E-state index is 9.54. The summed E-state index contributed by atoms with van der Waals surface area (Å²) in [6.07, 6.45) is 2.30. The van der Waals surface area contributed by atoms with Gasteiger partial charge < -0.3 is 15.7 Å². The lowest BCUT2D eigenvalue weighted by molar-refractivity contribution is 0.453. The number of aromatic nitrogens is 2. The fourth-order valence-electron chi connectivity index (χ4n) is 2.74. The Morgan fingerprint density at radius 1 is 1.04 bits per heavy atom. The van der Waals surface area contributed by atoms with Gasteiger partial charge in [-0.05, 0) is 24.1 Å². The molecule has 0 bridgehead atoms. The maximum absolute atomic E-state index is 9.54. The summed E-state index contributed by atoms with van der Waals surface area (Å²) in [5.74, 6) is 0.313. The summed E-state index contributed by atoms with van der Waals surface area (Å²) in [4.78, 5) is 8.17. The van der Waals surface area contributed by atoms with Crippen molar-refractivity contribution in [3.63, 3.8) is 0 Å². The predicted molar refractivity (Wildman–Crippen MR) is 97.0 cm³/mol. The Balaban J connectivity index is 2.01. The van der Waals surface area contributed by atoms with Crippen molar-refractivity contribution in [2.75, 3.05) is 17.7 Å². The molecule has 3 aromatic rings. The Morgan fingerprint density at radius 3 is 2.54 bits per heavy atom. The monoisotopic (exact) mass is 320 g/mol. The molecule has 0 unspecified atom stereocenters. The summed E-state index contributed by atoms with van der Waals surface area (Å²) in [5, 5.41) is 16.0. The lowest BCUT2D eigenvalue weighted by Gasteiger charge is -2.18. The molecule has 5 heteroatoms. The Kier molecular flexibility index (Phi) is 4.61. The highest BCUT2D eigenvalue weighted by atomic mass is 16.3. The number of rotatable bonds is 5. The van der Waals surface area contributed by atoms with Crippen LogP contribution in [0.2, 0.25) is 0 Å². The van der Waals surface area contributed by atoms with E-state index in [2.05, 4.69) is 39.7 Å². The van der Waals surface area contributed by atoms with Crippen molar-refractivity contribution in [2.45, 2.75) is 13.3 Å². The van der Waals surface area contributed by atoms with E-state index in [9.17, 15) is 5.11 Å². The molecule has 1 heterocycles. The van der Waals surface area contributed by atoms with Crippen LogP contribution in [0, 0.1) is 6.92 Å². The second kappa shape index (κ2) is 7.00. The van der Waals surface area contributed by atoms with E-state index in [4.69, 9.17) is 0 Å². The van der Waals surface area contributed by atoms with E-state index in [-0.39, 0.29) is 5.88 Å². The lowest BCUT2D eigenvalue weighted by Crippen LogP contribution is -2.05. The van der Waals surface area contributed by atoms with Gasteiger partial charge in [0, 0.05) is 42.7 Å². The molecule has 0 atom stereocenters. The summed E-state index contributed by atoms with van der Waals surface area (Å²) < 4.78 is 0. The molecule has 0 saturated carbocycles. The van der Waals surface area contributed by atoms with Crippen molar-refractivity contribution in [1.29, 1.82) is 0 Å². The van der Waals surface area contributed by atoms with E-state index >= 15 is 0 Å². The Labute approximate surface area is 141 Å². The van der Waals surface area contributed by atoms with Crippen molar-refractivity contribution >= 4 is 17.3 Å². The van der Waals surface area contributed by atoms with E-state index in [0.717, 1.165) is 23.4 Å². The molecule has 0 aliphatic carbocycles. The molecule has 3 N–H and O–H groups in total. The van der Waals surface area contributed by atoms with Crippen molar-refractivity contribution < 1.29 is 5.11 Å². The molecule has 0 saturated heterocycles. The molecule has 2 aromatic carbocycles. The highest BCUT2D eigenvalue weighted by molar-refractivity contribution is 5.72. The van der Waals surface area contributed by atoms with Gasteiger partial charge in [0.05, 0.1) is 0 Å². The van der Waals surface area contributed by atoms with Crippen LogP contribution in [0.1, 0.15) is 16.7 Å². The van der Waals surface area contributed by atoms with Gasteiger partial charge in [-0.25, -0.2) is 4.98 Å². The summed E-state index contributed by atoms with van der Waals surface area (Å²) in [6.45, 7) is 2.08. The van der Waals surface area contributed by atoms with Gasteiger partial charge in [-0.3, -0.25) is 0 Å². The highest BCUT2D eigenvalue weighted by Crippen LogP contribution is 2.31. The molecule has 5 nitrogen and oxygen atoms in total. The van der Waals surface area contributed by atoms with Crippen LogP contribution in [0.5, 0.6) is 5.88 Å². The first kappa shape index (κ1) is 15.8. The Bertz CT molecular complexity index is 834. The van der Waals surface area contributed by atoms with Crippen LogP contribution in [-0.4, -0.2) is 22.1 Å². The summed E-state index contributed by atoms with van der Waals surface area (Å²) >= 11 is 0. The van der Waals surface area contributed by atoms with E-state index in [1.807, 2.05) is 37.4 Å². The number of nitrogens with one attached hydrogen (secondary N) is 2. The van der Waals surface area contributed by atoms with Crippen molar-refractivity contribution in [3.05, 3.63) is 71.4 Å². The minimum atomic E-state index is -0.0574. The zero-order valence-corrected chi connectivity index (χ0v) is 13.7. The van der Waals surface area contributed by atoms with Crippen LogP contribution in [0.15, 0.2) is 54.7 Å². The smallest absolute Gasteiger partial charge is 0.230 e. The van der Waals surface area contributed by atoms with Crippen molar-refractivity contribution in [1.82, 2.24) is 9.97 Å². The zero-order chi connectivity index (χ0) is 16.9. The minimum Gasteiger partial charge on any atom is -0.493 e. The average molecular weight is 320 g/mol. The first-order valence-corrected chi connectivity index (χ1v) is 7.80. The first-order valence-electron chi connectivity index (χ1n) is 7.80. The van der Waals surface area contributed by atoms with Crippen LogP contribution < -0.4 is 10.6 Å². The van der Waals surface area contributed by atoms with E-state index in [1.54, 1.807) is 0 Å². The van der Waals surface area contributed by atoms with Crippen molar-refractivity contribution in [3.8, 4) is 5.88 Å². The molecule has 0 aliphatic heterocycles. The number of anilines is 3. The van der Waals surface area contributed by atoms with Gasteiger partial charge >= 0.3 is 0 Å². The fourth-order valence-corrected chi connectivity index (χ4v) is 2.74. The van der Waals surface area contributed by atoms with Gasteiger partial charge in [0.25, 0.3) is 0 Å². The zero-order valence-electron chi connectivity index (χ0n) is 13.7. The Hall–Kier alpha value is -3.08.